The van der Waals surface area contributed by atoms with E-state index in [1.807, 2.05) is 24.0 Å². The number of hydrogen-bond donors (Lipinski definition) is 1. The molecule has 1 N–H and O–H groups in total. The molecule has 3 nitrogen and oxygen atoms in total. The van der Waals surface area contributed by atoms with Crippen molar-refractivity contribution in [2.75, 3.05) is 20.3 Å². The first kappa shape index (κ1) is 14.8. The maximum Gasteiger partial charge on any atom is 0.101 e. The van der Waals surface area contributed by atoms with Gasteiger partial charge in [-0.25, -0.2) is 4.98 Å². The molecule has 19 heavy (non-hydrogen) atoms. The number of thioether (sulfide) groups is 1. The van der Waals surface area contributed by atoms with Crippen LogP contribution in [0, 0.1) is 0 Å². The molecule has 0 saturated heterocycles. The third kappa shape index (κ3) is 5.13. The van der Waals surface area contributed by atoms with E-state index >= 15 is 0 Å². The molecule has 0 amide bonds. The number of pyridine rings is 1. The Bertz CT molecular complexity index is 367. The first-order valence-corrected chi connectivity index (χ1v) is 8.08. The van der Waals surface area contributed by atoms with Crippen LogP contribution in [0.5, 0.6) is 0 Å². The van der Waals surface area contributed by atoms with Crippen LogP contribution < -0.4 is 5.32 Å². The first-order valence-electron chi connectivity index (χ1n) is 7.20. The number of nitrogens with one attached hydrogen (secondary N) is 1. The average molecular weight is 280 g/mol. The number of nitrogens with zero attached hydrogens (tertiary/aromatic N) is 1. The van der Waals surface area contributed by atoms with Gasteiger partial charge >= 0.3 is 0 Å². The van der Waals surface area contributed by atoms with E-state index in [-0.39, 0.29) is 0 Å². The molecule has 0 aromatic carbocycles. The average Bonchev–Trinajstić information content (AvgIpc) is 2.46. The monoisotopic (exact) mass is 280 g/mol. The highest BCUT2D eigenvalue weighted by atomic mass is 32.2. The Morgan fingerprint density at radius 1 is 1.37 bits per heavy atom. The molecular formula is C15H24N2OS. The summed E-state index contributed by atoms with van der Waals surface area (Å²) in [6.07, 6.45) is 8.77. The summed E-state index contributed by atoms with van der Waals surface area (Å²) in [5, 5.41) is 5.37. The maximum absolute atomic E-state index is 5.05. The Hall–Kier alpha value is -0.580. The van der Waals surface area contributed by atoms with Gasteiger partial charge in [-0.1, -0.05) is 25.3 Å². The van der Waals surface area contributed by atoms with Gasteiger partial charge in [-0.15, -0.1) is 11.8 Å². The van der Waals surface area contributed by atoms with Gasteiger partial charge in [-0.2, -0.15) is 0 Å². The number of hydrogen-bond acceptors (Lipinski definition) is 4. The summed E-state index contributed by atoms with van der Waals surface area (Å²) in [6.45, 7) is 2.52. The van der Waals surface area contributed by atoms with E-state index in [9.17, 15) is 0 Å². The highest BCUT2D eigenvalue weighted by molar-refractivity contribution is 7.99. The Morgan fingerprint density at radius 3 is 3.00 bits per heavy atom. The van der Waals surface area contributed by atoms with Crippen LogP contribution in [0.1, 0.15) is 37.7 Å². The fourth-order valence-corrected chi connectivity index (χ4v) is 3.70. The van der Waals surface area contributed by atoms with Gasteiger partial charge in [0.1, 0.15) is 5.03 Å². The summed E-state index contributed by atoms with van der Waals surface area (Å²) >= 11 is 1.97. The molecule has 0 unspecified atom stereocenters. The zero-order chi connectivity index (χ0) is 13.3. The van der Waals surface area contributed by atoms with Crippen molar-refractivity contribution in [1.82, 2.24) is 10.3 Å². The predicted molar refractivity (Wildman–Crippen MR) is 80.5 cm³/mol. The predicted octanol–water partition coefficient (Wildman–Crippen LogP) is 3.24. The van der Waals surface area contributed by atoms with Crippen LogP contribution in [-0.2, 0) is 11.3 Å². The molecule has 0 radical (unpaired) electrons. The lowest BCUT2D eigenvalue weighted by molar-refractivity contribution is 0.199. The standard InChI is InChI=1S/C15H24N2OS/c1-18-11-10-16-12-13-6-5-9-17-15(13)19-14-7-3-2-4-8-14/h5-6,9,14,16H,2-4,7-8,10-12H2,1H3. The molecular weight excluding hydrogens is 256 g/mol. The highest BCUT2D eigenvalue weighted by Gasteiger charge is 2.16. The van der Waals surface area contributed by atoms with Gasteiger partial charge in [0, 0.05) is 31.6 Å². The largest absolute Gasteiger partial charge is 0.383 e. The highest BCUT2D eigenvalue weighted by Crippen LogP contribution is 2.33. The molecule has 1 aromatic heterocycles. The molecule has 1 heterocycles. The van der Waals surface area contributed by atoms with E-state index in [0.717, 1.165) is 24.9 Å². The van der Waals surface area contributed by atoms with Crippen molar-refractivity contribution >= 4 is 11.8 Å². The summed E-state index contributed by atoms with van der Waals surface area (Å²) < 4.78 is 5.05. The van der Waals surface area contributed by atoms with Gasteiger partial charge < -0.3 is 10.1 Å². The van der Waals surface area contributed by atoms with Gasteiger partial charge in [0.05, 0.1) is 6.61 Å². The van der Waals surface area contributed by atoms with E-state index in [0.29, 0.717) is 0 Å². The smallest absolute Gasteiger partial charge is 0.101 e. The van der Waals surface area contributed by atoms with Crippen LogP contribution in [0.15, 0.2) is 23.4 Å². The lowest BCUT2D eigenvalue weighted by Crippen LogP contribution is -2.19. The minimum Gasteiger partial charge on any atom is -0.383 e. The quantitative estimate of drug-likeness (QED) is 0.778. The minimum atomic E-state index is 0.755. The zero-order valence-corrected chi connectivity index (χ0v) is 12.5. The normalized spacial score (nSPS) is 16.7. The number of rotatable bonds is 7. The molecule has 1 aromatic rings. The Morgan fingerprint density at radius 2 is 2.21 bits per heavy atom. The van der Waals surface area contributed by atoms with E-state index in [2.05, 4.69) is 16.4 Å². The van der Waals surface area contributed by atoms with Crippen molar-refractivity contribution in [3.05, 3.63) is 23.9 Å². The summed E-state index contributed by atoms with van der Waals surface area (Å²) in [6, 6.07) is 4.20. The van der Waals surface area contributed by atoms with Crippen molar-refractivity contribution < 1.29 is 4.74 Å². The first-order chi connectivity index (χ1) is 9.40. The summed E-state index contributed by atoms with van der Waals surface area (Å²) in [4.78, 5) is 4.56. The van der Waals surface area contributed by atoms with Crippen LogP contribution in [0.3, 0.4) is 0 Å². The van der Waals surface area contributed by atoms with Crippen molar-refractivity contribution in [1.29, 1.82) is 0 Å². The topological polar surface area (TPSA) is 34.1 Å². The Labute approximate surface area is 120 Å². The van der Waals surface area contributed by atoms with Crippen LogP contribution in [-0.4, -0.2) is 30.5 Å². The maximum atomic E-state index is 5.05. The van der Waals surface area contributed by atoms with E-state index in [1.165, 1.54) is 42.7 Å². The summed E-state index contributed by atoms with van der Waals surface area (Å²) in [5.41, 5.74) is 1.31. The summed E-state index contributed by atoms with van der Waals surface area (Å²) in [7, 11) is 1.73. The van der Waals surface area contributed by atoms with Gasteiger partial charge in [-0.05, 0) is 24.5 Å². The van der Waals surface area contributed by atoms with Gasteiger partial charge in [-0.3, -0.25) is 0 Å². The molecule has 106 valence electrons. The molecule has 1 fully saturated rings. The van der Waals surface area contributed by atoms with Crippen molar-refractivity contribution in [2.45, 2.75) is 48.9 Å². The molecule has 0 aliphatic heterocycles. The van der Waals surface area contributed by atoms with Gasteiger partial charge in [0.15, 0.2) is 0 Å². The van der Waals surface area contributed by atoms with Crippen LogP contribution >= 0.6 is 11.8 Å². The van der Waals surface area contributed by atoms with Crippen LogP contribution in [0.25, 0.3) is 0 Å². The van der Waals surface area contributed by atoms with Crippen molar-refractivity contribution in [3.63, 3.8) is 0 Å². The SMILES string of the molecule is COCCNCc1cccnc1SC1CCCCC1. The molecule has 0 spiro atoms. The second-order valence-electron chi connectivity index (χ2n) is 5.02. The van der Waals surface area contributed by atoms with Gasteiger partial charge in [0.25, 0.3) is 0 Å². The number of ether oxygens (including phenoxy) is 1. The van der Waals surface area contributed by atoms with Crippen LogP contribution in [0.4, 0.5) is 0 Å². The second kappa shape index (κ2) is 8.56. The molecule has 2 rings (SSSR count). The molecule has 4 heteroatoms. The lowest BCUT2D eigenvalue weighted by atomic mass is 10.0. The third-order valence-corrected chi connectivity index (χ3v) is 4.87. The number of methoxy groups -OCH3 is 1. The van der Waals surface area contributed by atoms with Gasteiger partial charge in [0.2, 0.25) is 0 Å². The molecule has 1 aliphatic carbocycles. The molecule has 1 saturated carbocycles. The fraction of sp³-hybridized carbons (Fsp3) is 0.667. The molecule has 1 aliphatic rings. The minimum absolute atomic E-state index is 0.755. The van der Waals surface area contributed by atoms with E-state index in [1.54, 1.807) is 7.11 Å². The third-order valence-electron chi connectivity index (χ3n) is 3.48. The zero-order valence-electron chi connectivity index (χ0n) is 11.7. The van der Waals surface area contributed by atoms with E-state index < -0.39 is 0 Å². The Balaban J connectivity index is 1.87. The van der Waals surface area contributed by atoms with Crippen LogP contribution in [0.2, 0.25) is 0 Å². The summed E-state index contributed by atoms with van der Waals surface area (Å²) in [5.74, 6) is 0. The second-order valence-corrected chi connectivity index (χ2v) is 6.30. The lowest BCUT2D eigenvalue weighted by Gasteiger charge is -2.21. The van der Waals surface area contributed by atoms with Crippen molar-refractivity contribution in [2.24, 2.45) is 0 Å². The Kier molecular flexibility index (Phi) is 6.68. The number of aromatic nitrogens is 1. The van der Waals surface area contributed by atoms with E-state index in [4.69, 9.17) is 4.74 Å². The molecule has 0 bridgehead atoms. The van der Waals surface area contributed by atoms with Crippen molar-refractivity contribution in [3.8, 4) is 0 Å². The fourth-order valence-electron chi connectivity index (χ4n) is 2.40. The molecule has 0 atom stereocenters.